The van der Waals surface area contributed by atoms with Gasteiger partial charge in [0.05, 0.1) is 0 Å². The quantitative estimate of drug-likeness (QED) is 0.930. The lowest BCUT2D eigenvalue weighted by Crippen LogP contribution is -2.26. The van der Waals surface area contributed by atoms with E-state index in [9.17, 15) is 0 Å². The summed E-state index contributed by atoms with van der Waals surface area (Å²) in [5.74, 6) is 0. The molecule has 0 radical (unpaired) electrons. The number of aromatic nitrogens is 2. The average molecular weight is 274 g/mol. The van der Waals surface area contributed by atoms with E-state index in [0.29, 0.717) is 0 Å². The molecular formula is C14H18N4S. The number of anilines is 1. The van der Waals surface area contributed by atoms with Crippen LogP contribution in [-0.2, 0) is 6.42 Å². The molecule has 1 atom stereocenters. The third kappa shape index (κ3) is 2.93. The van der Waals surface area contributed by atoms with Gasteiger partial charge in [-0.1, -0.05) is 41.2 Å². The van der Waals surface area contributed by atoms with Gasteiger partial charge in [-0.3, -0.25) is 0 Å². The van der Waals surface area contributed by atoms with Crippen LogP contribution in [0.2, 0.25) is 0 Å². The van der Waals surface area contributed by atoms with Crippen molar-refractivity contribution in [1.82, 2.24) is 10.2 Å². The van der Waals surface area contributed by atoms with Crippen molar-refractivity contribution in [3.8, 4) is 0 Å². The second-order valence-electron chi connectivity index (χ2n) is 5.14. The predicted octanol–water partition coefficient (Wildman–Crippen LogP) is 1.97. The van der Waals surface area contributed by atoms with Crippen LogP contribution in [0.25, 0.3) is 0 Å². The zero-order valence-electron chi connectivity index (χ0n) is 11.0. The fourth-order valence-corrected chi connectivity index (χ4v) is 3.19. The Labute approximate surface area is 117 Å². The number of hydrogen-bond donors (Lipinski definition) is 1. The van der Waals surface area contributed by atoms with Gasteiger partial charge in [-0.15, -0.1) is 10.2 Å². The summed E-state index contributed by atoms with van der Waals surface area (Å²) in [6.45, 7) is 4.00. The summed E-state index contributed by atoms with van der Waals surface area (Å²) in [7, 11) is 0. The molecule has 1 aliphatic heterocycles. The number of nitrogens with zero attached hydrogens (tertiary/aromatic N) is 3. The lowest BCUT2D eigenvalue weighted by molar-refractivity contribution is 0.751. The van der Waals surface area contributed by atoms with E-state index in [0.717, 1.165) is 36.1 Å². The normalized spacial score (nSPS) is 19.1. The van der Waals surface area contributed by atoms with Crippen LogP contribution in [0.15, 0.2) is 24.3 Å². The maximum atomic E-state index is 5.92. The number of nitrogens with two attached hydrogens (primary N) is 1. The lowest BCUT2D eigenvalue weighted by Gasteiger charge is -2.12. The first-order valence-corrected chi connectivity index (χ1v) is 7.41. The van der Waals surface area contributed by atoms with Gasteiger partial charge in [0.1, 0.15) is 5.01 Å². The van der Waals surface area contributed by atoms with Gasteiger partial charge in [-0.2, -0.15) is 0 Å². The summed E-state index contributed by atoms with van der Waals surface area (Å²) >= 11 is 1.68. The van der Waals surface area contributed by atoms with E-state index >= 15 is 0 Å². The molecule has 0 bridgehead atoms. The lowest BCUT2D eigenvalue weighted by atomic mass is 10.1. The first-order valence-electron chi connectivity index (χ1n) is 6.59. The van der Waals surface area contributed by atoms with Gasteiger partial charge in [-0.25, -0.2) is 0 Å². The third-order valence-electron chi connectivity index (χ3n) is 3.43. The summed E-state index contributed by atoms with van der Waals surface area (Å²) in [5, 5.41) is 10.7. The van der Waals surface area contributed by atoms with Crippen molar-refractivity contribution < 1.29 is 0 Å². The fourth-order valence-electron chi connectivity index (χ4n) is 2.29. The van der Waals surface area contributed by atoms with Crippen molar-refractivity contribution in [2.24, 2.45) is 5.73 Å². The van der Waals surface area contributed by atoms with E-state index in [2.05, 4.69) is 46.3 Å². The van der Waals surface area contributed by atoms with Crippen LogP contribution in [-0.4, -0.2) is 29.3 Å². The highest BCUT2D eigenvalue weighted by molar-refractivity contribution is 7.15. The van der Waals surface area contributed by atoms with Gasteiger partial charge in [0, 0.05) is 25.6 Å². The van der Waals surface area contributed by atoms with Crippen LogP contribution in [0, 0.1) is 6.92 Å². The Kier molecular flexibility index (Phi) is 3.48. The molecule has 19 heavy (non-hydrogen) atoms. The monoisotopic (exact) mass is 274 g/mol. The van der Waals surface area contributed by atoms with Crippen LogP contribution in [0.4, 0.5) is 5.13 Å². The van der Waals surface area contributed by atoms with E-state index in [1.807, 2.05) is 0 Å². The Bertz CT molecular complexity index is 549. The molecule has 2 aromatic rings. The summed E-state index contributed by atoms with van der Waals surface area (Å²) < 4.78 is 0. The summed E-state index contributed by atoms with van der Waals surface area (Å²) in [4.78, 5) is 2.24. The Balaban J connectivity index is 1.69. The number of benzene rings is 1. The van der Waals surface area contributed by atoms with E-state index in [1.54, 1.807) is 11.3 Å². The van der Waals surface area contributed by atoms with Crippen LogP contribution in [0.1, 0.15) is 22.6 Å². The molecule has 3 rings (SSSR count). The van der Waals surface area contributed by atoms with Crippen LogP contribution >= 0.6 is 11.3 Å². The van der Waals surface area contributed by atoms with Crippen molar-refractivity contribution in [3.63, 3.8) is 0 Å². The Hall–Kier alpha value is -1.46. The smallest absolute Gasteiger partial charge is 0.208 e. The van der Waals surface area contributed by atoms with Crippen molar-refractivity contribution >= 4 is 16.5 Å². The molecule has 1 aliphatic rings. The molecule has 1 fully saturated rings. The van der Waals surface area contributed by atoms with E-state index in [1.165, 1.54) is 11.1 Å². The molecule has 5 heteroatoms. The molecule has 4 nitrogen and oxygen atoms in total. The van der Waals surface area contributed by atoms with E-state index < -0.39 is 0 Å². The maximum Gasteiger partial charge on any atom is 0.208 e. The Morgan fingerprint density at radius 2 is 2.11 bits per heavy atom. The number of hydrogen-bond acceptors (Lipinski definition) is 5. The van der Waals surface area contributed by atoms with Crippen molar-refractivity contribution in [1.29, 1.82) is 0 Å². The topological polar surface area (TPSA) is 55.0 Å². The molecule has 100 valence electrons. The minimum absolute atomic E-state index is 0.282. The molecule has 0 aliphatic carbocycles. The molecule has 1 aromatic carbocycles. The van der Waals surface area contributed by atoms with Crippen LogP contribution < -0.4 is 10.6 Å². The van der Waals surface area contributed by atoms with Gasteiger partial charge in [0.25, 0.3) is 0 Å². The molecule has 1 aromatic heterocycles. The zero-order valence-corrected chi connectivity index (χ0v) is 11.9. The number of aryl methyl sites for hydroxylation is 1. The largest absolute Gasteiger partial charge is 0.345 e. The standard InChI is InChI=1S/C14H18N4S/c1-10-2-4-11(5-3-10)8-13-16-17-14(19-13)18-7-6-12(15)9-18/h2-5,12H,6-9,15H2,1H3/t12-/m0/s1. The minimum Gasteiger partial charge on any atom is -0.345 e. The summed E-state index contributed by atoms with van der Waals surface area (Å²) in [6, 6.07) is 8.86. The summed E-state index contributed by atoms with van der Waals surface area (Å²) in [5.41, 5.74) is 8.49. The van der Waals surface area contributed by atoms with Crippen LogP contribution in [0.3, 0.4) is 0 Å². The average Bonchev–Trinajstić information content (AvgIpc) is 3.01. The second-order valence-corrected chi connectivity index (χ2v) is 6.18. The zero-order chi connectivity index (χ0) is 13.2. The van der Waals surface area contributed by atoms with E-state index in [4.69, 9.17) is 5.73 Å². The van der Waals surface area contributed by atoms with Crippen LogP contribution in [0.5, 0.6) is 0 Å². The first-order chi connectivity index (χ1) is 9.20. The molecular weight excluding hydrogens is 256 g/mol. The molecule has 0 saturated carbocycles. The minimum atomic E-state index is 0.282. The van der Waals surface area contributed by atoms with Crippen molar-refractivity contribution in [2.75, 3.05) is 18.0 Å². The maximum absolute atomic E-state index is 5.92. The van der Waals surface area contributed by atoms with Crippen molar-refractivity contribution in [3.05, 3.63) is 40.4 Å². The molecule has 0 unspecified atom stereocenters. The second kappa shape index (κ2) is 5.27. The molecule has 2 heterocycles. The Morgan fingerprint density at radius 1 is 1.32 bits per heavy atom. The van der Waals surface area contributed by atoms with Gasteiger partial charge < -0.3 is 10.6 Å². The highest BCUT2D eigenvalue weighted by Crippen LogP contribution is 2.25. The number of rotatable bonds is 3. The first kappa shape index (κ1) is 12.6. The molecule has 0 amide bonds. The van der Waals surface area contributed by atoms with E-state index in [-0.39, 0.29) is 6.04 Å². The highest BCUT2D eigenvalue weighted by atomic mass is 32.1. The van der Waals surface area contributed by atoms with Gasteiger partial charge >= 0.3 is 0 Å². The highest BCUT2D eigenvalue weighted by Gasteiger charge is 2.22. The summed E-state index contributed by atoms with van der Waals surface area (Å²) in [6.07, 6.45) is 1.91. The molecule has 1 saturated heterocycles. The van der Waals surface area contributed by atoms with Gasteiger partial charge in [0.15, 0.2) is 0 Å². The molecule has 2 N–H and O–H groups in total. The predicted molar refractivity (Wildman–Crippen MR) is 78.7 cm³/mol. The third-order valence-corrected chi connectivity index (χ3v) is 4.41. The SMILES string of the molecule is Cc1ccc(Cc2nnc(N3CC[C@H](N)C3)s2)cc1. The van der Waals surface area contributed by atoms with Gasteiger partial charge in [-0.05, 0) is 18.9 Å². The molecule has 0 spiro atoms. The van der Waals surface area contributed by atoms with Gasteiger partial charge in [0.2, 0.25) is 5.13 Å². The fraction of sp³-hybridized carbons (Fsp3) is 0.429. The van der Waals surface area contributed by atoms with Crippen molar-refractivity contribution in [2.45, 2.75) is 25.8 Å². The Morgan fingerprint density at radius 3 is 2.79 bits per heavy atom.